The first kappa shape index (κ1) is 14.9. The van der Waals surface area contributed by atoms with Crippen molar-refractivity contribution in [2.24, 2.45) is 0 Å². The van der Waals surface area contributed by atoms with Crippen LogP contribution in [0.2, 0.25) is 0 Å². The number of pyridine rings is 1. The van der Waals surface area contributed by atoms with Crippen LogP contribution in [0, 0.1) is 24.0 Å². The minimum Gasteiger partial charge on any atom is -0.351 e. The van der Waals surface area contributed by atoms with Crippen LogP contribution < -0.4 is 4.18 Å². The highest BCUT2D eigenvalue weighted by molar-refractivity contribution is 7.87. The van der Waals surface area contributed by atoms with E-state index in [0.29, 0.717) is 5.56 Å². The third-order valence-corrected chi connectivity index (χ3v) is 3.89. The number of nitrogens with zero attached hydrogens (tertiary/aromatic N) is 2. The summed E-state index contributed by atoms with van der Waals surface area (Å²) in [5.41, 5.74) is 0.917. The molecule has 0 unspecified atom stereocenters. The molecule has 0 N–H and O–H groups in total. The van der Waals surface area contributed by atoms with E-state index in [4.69, 9.17) is 4.18 Å². The van der Waals surface area contributed by atoms with Gasteiger partial charge in [-0.15, -0.1) is 0 Å². The van der Waals surface area contributed by atoms with Gasteiger partial charge in [0.1, 0.15) is 4.90 Å². The van der Waals surface area contributed by atoms with E-state index in [9.17, 15) is 18.5 Å². The van der Waals surface area contributed by atoms with Crippen LogP contribution in [0.3, 0.4) is 0 Å². The Morgan fingerprint density at radius 3 is 2.33 bits per heavy atom. The Labute approximate surface area is 121 Å². The van der Waals surface area contributed by atoms with E-state index in [2.05, 4.69) is 4.98 Å². The maximum Gasteiger partial charge on any atom is 0.340 e. The van der Waals surface area contributed by atoms with Crippen LogP contribution in [0.15, 0.2) is 41.4 Å². The van der Waals surface area contributed by atoms with Crippen molar-refractivity contribution in [3.63, 3.8) is 0 Å². The molecule has 1 aromatic carbocycles. The molecule has 0 aliphatic carbocycles. The topological polar surface area (TPSA) is 99.4 Å². The second-order valence-corrected chi connectivity index (χ2v) is 5.99. The summed E-state index contributed by atoms with van der Waals surface area (Å²) in [6.45, 7) is 3.42. The lowest BCUT2D eigenvalue weighted by molar-refractivity contribution is -0.385. The number of hydrogen-bond donors (Lipinski definition) is 0. The highest BCUT2D eigenvalue weighted by atomic mass is 32.2. The largest absolute Gasteiger partial charge is 0.351 e. The number of aromatic nitrogens is 1. The van der Waals surface area contributed by atoms with Crippen LogP contribution >= 0.6 is 0 Å². The molecule has 0 saturated carbocycles. The van der Waals surface area contributed by atoms with Gasteiger partial charge in [-0.05, 0) is 31.5 Å². The zero-order valence-electron chi connectivity index (χ0n) is 11.3. The third-order valence-electron chi connectivity index (χ3n) is 2.66. The van der Waals surface area contributed by atoms with Gasteiger partial charge < -0.3 is 4.18 Å². The van der Waals surface area contributed by atoms with Gasteiger partial charge in [-0.25, -0.2) is 4.98 Å². The Kier molecular flexibility index (Phi) is 3.90. The van der Waals surface area contributed by atoms with Gasteiger partial charge in [0, 0.05) is 12.3 Å². The molecule has 0 aliphatic rings. The molecule has 0 aliphatic heterocycles. The van der Waals surface area contributed by atoms with E-state index >= 15 is 0 Å². The summed E-state index contributed by atoms with van der Waals surface area (Å²) in [5.74, 6) is -0.550. The summed E-state index contributed by atoms with van der Waals surface area (Å²) < 4.78 is 29.0. The molecule has 7 nitrogen and oxygen atoms in total. The normalized spacial score (nSPS) is 11.1. The first-order valence-corrected chi connectivity index (χ1v) is 7.32. The molecule has 110 valence electrons. The molecule has 0 saturated heterocycles. The van der Waals surface area contributed by atoms with Gasteiger partial charge in [0.25, 0.3) is 0 Å². The van der Waals surface area contributed by atoms with E-state index < -0.39 is 26.6 Å². The lowest BCUT2D eigenvalue weighted by atomic mass is 10.2. The van der Waals surface area contributed by atoms with E-state index in [-0.39, 0.29) is 4.90 Å². The van der Waals surface area contributed by atoms with Gasteiger partial charge >= 0.3 is 21.7 Å². The third kappa shape index (κ3) is 3.34. The highest BCUT2D eigenvalue weighted by Gasteiger charge is 2.24. The molecule has 2 aromatic rings. The maximum absolute atomic E-state index is 12.1. The van der Waals surface area contributed by atoms with Gasteiger partial charge in [0.15, 0.2) is 0 Å². The summed E-state index contributed by atoms with van der Waals surface area (Å²) in [7, 11) is -4.17. The Balaban J connectivity index is 2.41. The highest BCUT2D eigenvalue weighted by Crippen LogP contribution is 2.27. The summed E-state index contributed by atoms with van der Waals surface area (Å²) in [4.78, 5) is 13.8. The van der Waals surface area contributed by atoms with Crippen LogP contribution in [-0.2, 0) is 10.1 Å². The van der Waals surface area contributed by atoms with E-state index in [0.717, 1.165) is 5.56 Å². The van der Waals surface area contributed by atoms with Crippen LogP contribution in [0.1, 0.15) is 11.1 Å². The molecule has 1 heterocycles. The summed E-state index contributed by atoms with van der Waals surface area (Å²) in [6, 6.07) is 7.14. The average Bonchev–Trinajstić information content (AvgIpc) is 2.41. The maximum atomic E-state index is 12.1. The fraction of sp³-hybridized carbons (Fsp3) is 0.154. The van der Waals surface area contributed by atoms with Crippen LogP contribution in [0.25, 0.3) is 0 Å². The fourth-order valence-corrected chi connectivity index (χ4v) is 2.50. The second kappa shape index (κ2) is 5.49. The van der Waals surface area contributed by atoms with E-state index in [1.54, 1.807) is 19.1 Å². The number of aryl methyl sites for hydroxylation is 2. The first-order chi connectivity index (χ1) is 9.79. The molecule has 0 bridgehead atoms. The van der Waals surface area contributed by atoms with Crippen molar-refractivity contribution in [2.75, 3.05) is 0 Å². The molecule has 21 heavy (non-hydrogen) atoms. The van der Waals surface area contributed by atoms with Crippen molar-refractivity contribution < 1.29 is 17.5 Å². The van der Waals surface area contributed by atoms with Crippen LogP contribution in [-0.4, -0.2) is 18.3 Å². The van der Waals surface area contributed by atoms with Crippen molar-refractivity contribution in [2.45, 2.75) is 18.7 Å². The molecule has 0 radical (unpaired) electrons. The molecule has 1 aromatic heterocycles. The minimum absolute atomic E-state index is 0.0928. The van der Waals surface area contributed by atoms with Gasteiger partial charge in [-0.3, -0.25) is 10.1 Å². The van der Waals surface area contributed by atoms with Crippen molar-refractivity contribution >= 4 is 15.8 Å². The lowest BCUT2D eigenvalue weighted by Gasteiger charge is -2.07. The van der Waals surface area contributed by atoms with Crippen LogP contribution in [0.4, 0.5) is 5.69 Å². The van der Waals surface area contributed by atoms with Crippen molar-refractivity contribution in [3.05, 3.63) is 57.8 Å². The smallest absolute Gasteiger partial charge is 0.340 e. The predicted octanol–water partition coefficient (Wildman–Crippen LogP) is 2.37. The second-order valence-electron chi connectivity index (χ2n) is 4.44. The molecule has 0 atom stereocenters. The average molecular weight is 308 g/mol. The molecule has 2 rings (SSSR count). The molecular formula is C13H12N2O5S. The van der Waals surface area contributed by atoms with Gasteiger partial charge in [0.05, 0.1) is 4.92 Å². The molecule has 8 heteroatoms. The molecular weight excluding hydrogens is 296 g/mol. The van der Waals surface area contributed by atoms with Crippen molar-refractivity contribution in [3.8, 4) is 5.88 Å². The number of rotatable bonds is 4. The van der Waals surface area contributed by atoms with Crippen LogP contribution in [0.5, 0.6) is 5.88 Å². The minimum atomic E-state index is -4.17. The Morgan fingerprint density at radius 1 is 1.14 bits per heavy atom. The lowest BCUT2D eigenvalue weighted by Crippen LogP contribution is -2.12. The fourth-order valence-electron chi connectivity index (χ4n) is 1.59. The number of nitro groups is 1. The van der Waals surface area contributed by atoms with Gasteiger partial charge in [-0.1, -0.05) is 17.7 Å². The standard InChI is InChI=1S/C13H12N2O5S/c1-9-3-5-11(6-4-9)21(18,19)20-13-12(15(16)17)7-10(2)8-14-13/h3-8H,1-2H3. The summed E-state index contributed by atoms with van der Waals surface area (Å²) in [6.07, 6.45) is 1.30. The Bertz CT molecular complexity index is 785. The van der Waals surface area contributed by atoms with Crippen molar-refractivity contribution in [1.29, 1.82) is 0 Å². The predicted molar refractivity (Wildman–Crippen MR) is 74.6 cm³/mol. The molecule has 0 amide bonds. The zero-order chi connectivity index (χ0) is 15.6. The Hall–Kier alpha value is -2.48. The first-order valence-electron chi connectivity index (χ1n) is 5.92. The quantitative estimate of drug-likeness (QED) is 0.488. The van der Waals surface area contributed by atoms with Crippen molar-refractivity contribution in [1.82, 2.24) is 4.98 Å². The Morgan fingerprint density at radius 2 is 1.76 bits per heavy atom. The summed E-state index contributed by atoms with van der Waals surface area (Å²) in [5, 5.41) is 10.9. The monoisotopic (exact) mass is 308 g/mol. The van der Waals surface area contributed by atoms with E-state index in [1.807, 2.05) is 6.92 Å². The zero-order valence-corrected chi connectivity index (χ0v) is 12.1. The summed E-state index contributed by atoms with van der Waals surface area (Å²) >= 11 is 0. The molecule has 0 spiro atoms. The van der Waals surface area contributed by atoms with Gasteiger partial charge in [-0.2, -0.15) is 8.42 Å². The van der Waals surface area contributed by atoms with Gasteiger partial charge in [0.2, 0.25) is 0 Å². The number of hydrogen-bond acceptors (Lipinski definition) is 6. The number of benzene rings is 1. The van der Waals surface area contributed by atoms with E-state index in [1.165, 1.54) is 24.4 Å². The SMILES string of the molecule is Cc1ccc(S(=O)(=O)Oc2ncc(C)cc2[N+](=O)[O-])cc1. The molecule has 0 fully saturated rings.